The number of nitrogens with one attached hydrogen (secondary N) is 1. The number of nitrogens with zero attached hydrogens (tertiary/aromatic N) is 5. The Morgan fingerprint density at radius 1 is 1.42 bits per heavy atom. The van der Waals surface area contributed by atoms with Crippen molar-refractivity contribution < 1.29 is 4.74 Å². The van der Waals surface area contributed by atoms with E-state index in [1.165, 1.54) is 5.56 Å². The van der Waals surface area contributed by atoms with E-state index in [1.54, 1.807) is 0 Å². The summed E-state index contributed by atoms with van der Waals surface area (Å²) in [5.74, 6) is 1.60. The van der Waals surface area contributed by atoms with Crippen molar-refractivity contribution in [2.24, 2.45) is 12.0 Å². The molecule has 0 radical (unpaired) electrons. The quantitative estimate of drug-likeness (QED) is 0.632. The average Bonchev–Trinajstić information content (AvgIpc) is 3.22. The van der Waals surface area contributed by atoms with Crippen LogP contribution in [0.25, 0.3) is 0 Å². The zero-order valence-corrected chi connectivity index (χ0v) is 16.7. The number of aryl methyl sites for hydroxylation is 1. The summed E-state index contributed by atoms with van der Waals surface area (Å²) in [4.78, 5) is 9.75. The molecule has 0 saturated carbocycles. The molecule has 7 heteroatoms. The lowest BCUT2D eigenvalue weighted by Gasteiger charge is -2.37. The molecular formula is C19H34N6O. The van der Waals surface area contributed by atoms with E-state index >= 15 is 0 Å². The Balaban J connectivity index is 1.54. The summed E-state index contributed by atoms with van der Waals surface area (Å²) in [7, 11) is 1.98. The molecule has 3 rings (SSSR count). The number of likely N-dealkylation sites (tertiary alicyclic amines) is 1. The minimum absolute atomic E-state index is 0.0433. The summed E-state index contributed by atoms with van der Waals surface area (Å²) >= 11 is 0. The van der Waals surface area contributed by atoms with Crippen LogP contribution in [0.5, 0.6) is 0 Å². The van der Waals surface area contributed by atoms with Crippen LogP contribution in [0.4, 0.5) is 0 Å². The number of guanidine groups is 1. The number of hydrogen-bond acceptors (Lipinski definition) is 4. The van der Waals surface area contributed by atoms with Gasteiger partial charge in [-0.25, -0.2) is 0 Å². The summed E-state index contributed by atoms with van der Waals surface area (Å²) in [6, 6.07) is 0. The molecular weight excluding hydrogens is 328 g/mol. The molecule has 146 valence electrons. The van der Waals surface area contributed by atoms with E-state index < -0.39 is 0 Å². The first-order chi connectivity index (χ1) is 12.5. The van der Waals surface area contributed by atoms with Crippen molar-refractivity contribution in [3.63, 3.8) is 0 Å². The molecule has 26 heavy (non-hydrogen) atoms. The van der Waals surface area contributed by atoms with Crippen LogP contribution in [0.2, 0.25) is 0 Å². The Labute approximate surface area is 157 Å². The van der Waals surface area contributed by atoms with Gasteiger partial charge in [0, 0.05) is 58.4 Å². The lowest BCUT2D eigenvalue weighted by atomic mass is 10.0. The van der Waals surface area contributed by atoms with Crippen LogP contribution in [-0.2, 0) is 11.8 Å². The highest BCUT2D eigenvalue weighted by Gasteiger charge is 2.28. The molecule has 3 heterocycles. The average molecular weight is 363 g/mol. The first-order valence-electron chi connectivity index (χ1n) is 9.85. The Morgan fingerprint density at radius 2 is 2.27 bits per heavy atom. The van der Waals surface area contributed by atoms with Crippen molar-refractivity contribution in [1.82, 2.24) is 24.9 Å². The molecule has 2 aliphatic heterocycles. The van der Waals surface area contributed by atoms with Gasteiger partial charge in [-0.2, -0.15) is 5.10 Å². The van der Waals surface area contributed by atoms with Crippen molar-refractivity contribution in [3.05, 3.63) is 18.0 Å². The van der Waals surface area contributed by atoms with Crippen LogP contribution < -0.4 is 5.32 Å². The second-order valence-corrected chi connectivity index (χ2v) is 8.00. The maximum atomic E-state index is 5.79. The molecule has 2 aliphatic rings. The van der Waals surface area contributed by atoms with E-state index in [9.17, 15) is 0 Å². The van der Waals surface area contributed by atoms with Gasteiger partial charge in [0.15, 0.2) is 5.96 Å². The van der Waals surface area contributed by atoms with Gasteiger partial charge in [0.05, 0.1) is 24.9 Å². The van der Waals surface area contributed by atoms with Crippen molar-refractivity contribution in [1.29, 1.82) is 0 Å². The summed E-state index contributed by atoms with van der Waals surface area (Å²) in [5, 5.41) is 7.78. The predicted molar refractivity (Wildman–Crippen MR) is 105 cm³/mol. The van der Waals surface area contributed by atoms with Gasteiger partial charge in [-0.1, -0.05) is 0 Å². The number of hydrogen-bond donors (Lipinski definition) is 1. The molecule has 1 aromatic heterocycles. The third kappa shape index (κ3) is 4.98. The van der Waals surface area contributed by atoms with E-state index in [2.05, 4.69) is 47.2 Å². The maximum absolute atomic E-state index is 5.79. The van der Waals surface area contributed by atoms with E-state index in [0.717, 1.165) is 64.8 Å². The topological polar surface area (TPSA) is 57.9 Å². The maximum Gasteiger partial charge on any atom is 0.193 e. The molecule has 1 unspecified atom stereocenters. The fraction of sp³-hybridized carbons (Fsp3) is 0.789. The van der Waals surface area contributed by atoms with Crippen molar-refractivity contribution in [2.45, 2.75) is 38.7 Å². The SMILES string of the molecule is CCNC(=NCCN1CCOC(C)(C)C1)N1CCC(c2cnn(C)c2)C1. The summed E-state index contributed by atoms with van der Waals surface area (Å²) in [6.45, 7) is 14.0. The second kappa shape index (κ2) is 8.39. The van der Waals surface area contributed by atoms with Crippen LogP contribution in [-0.4, -0.2) is 83.6 Å². The first-order valence-corrected chi connectivity index (χ1v) is 9.85. The highest BCUT2D eigenvalue weighted by atomic mass is 16.5. The standard InChI is InChI=1S/C19H34N6O/c1-5-20-18(21-7-9-24-10-11-26-19(2,3)15-24)25-8-6-16(14-25)17-12-22-23(4)13-17/h12-13,16H,5-11,14-15H2,1-4H3,(H,20,21). The molecule has 0 spiro atoms. The molecule has 0 amide bonds. The molecule has 0 bridgehead atoms. The number of rotatable bonds is 5. The fourth-order valence-corrected chi connectivity index (χ4v) is 3.90. The first kappa shape index (κ1) is 19.2. The lowest BCUT2D eigenvalue weighted by Crippen LogP contribution is -2.49. The number of morpholine rings is 1. The van der Waals surface area contributed by atoms with E-state index in [0.29, 0.717) is 5.92 Å². The summed E-state index contributed by atoms with van der Waals surface area (Å²) in [5.41, 5.74) is 1.29. The molecule has 1 aromatic rings. The monoisotopic (exact) mass is 362 g/mol. The highest BCUT2D eigenvalue weighted by molar-refractivity contribution is 5.80. The number of aliphatic imine (C=N–C) groups is 1. The van der Waals surface area contributed by atoms with Gasteiger partial charge < -0.3 is 15.0 Å². The number of ether oxygens (including phenoxy) is 1. The molecule has 2 saturated heterocycles. The molecule has 1 N–H and O–H groups in total. The van der Waals surface area contributed by atoms with Crippen LogP contribution in [0.1, 0.15) is 38.7 Å². The van der Waals surface area contributed by atoms with Crippen LogP contribution >= 0.6 is 0 Å². The third-order valence-corrected chi connectivity index (χ3v) is 5.20. The Bertz CT molecular complexity index is 611. The Kier molecular flexibility index (Phi) is 6.19. The largest absolute Gasteiger partial charge is 0.373 e. The third-order valence-electron chi connectivity index (χ3n) is 5.20. The van der Waals surface area contributed by atoms with E-state index in [1.807, 2.05) is 17.9 Å². The van der Waals surface area contributed by atoms with Crippen molar-refractivity contribution in [3.8, 4) is 0 Å². The van der Waals surface area contributed by atoms with Crippen LogP contribution in [0.15, 0.2) is 17.4 Å². The van der Waals surface area contributed by atoms with Crippen molar-refractivity contribution in [2.75, 3.05) is 52.4 Å². The van der Waals surface area contributed by atoms with Gasteiger partial charge in [0.2, 0.25) is 0 Å². The van der Waals surface area contributed by atoms with E-state index in [-0.39, 0.29) is 5.60 Å². The molecule has 0 aromatic carbocycles. The summed E-state index contributed by atoms with van der Waals surface area (Å²) in [6.07, 6.45) is 5.30. The molecule has 1 atom stereocenters. The van der Waals surface area contributed by atoms with Crippen LogP contribution in [0, 0.1) is 0 Å². The Hall–Kier alpha value is -1.60. The minimum atomic E-state index is -0.0433. The van der Waals surface area contributed by atoms with Gasteiger partial charge in [0.25, 0.3) is 0 Å². The van der Waals surface area contributed by atoms with Crippen LogP contribution in [0.3, 0.4) is 0 Å². The zero-order chi connectivity index (χ0) is 18.6. The predicted octanol–water partition coefficient (Wildman–Crippen LogP) is 1.29. The van der Waals surface area contributed by atoms with Gasteiger partial charge in [-0.05, 0) is 32.8 Å². The number of aromatic nitrogens is 2. The summed E-state index contributed by atoms with van der Waals surface area (Å²) < 4.78 is 7.68. The van der Waals surface area contributed by atoms with Crippen molar-refractivity contribution >= 4 is 5.96 Å². The molecule has 7 nitrogen and oxygen atoms in total. The highest BCUT2D eigenvalue weighted by Crippen LogP contribution is 2.26. The normalized spacial score (nSPS) is 24.2. The van der Waals surface area contributed by atoms with Gasteiger partial charge in [0.1, 0.15) is 0 Å². The zero-order valence-electron chi connectivity index (χ0n) is 16.7. The Morgan fingerprint density at radius 3 is 2.96 bits per heavy atom. The smallest absolute Gasteiger partial charge is 0.193 e. The fourth-order valence-electron chi connectivity index (χ4n) is 3.90. The minimum Gasteiger partial charge on any atom is -0.373 e. The van der Waals surface area contributed by atoms with Gasteiger partial charge >= 0.3 is 0 Å². The molecule has 0 aliphatic carbocycles. The van der Waals surface area contributed by atoms with Gasteiger partial charge in [-0.15, -0.1) is 0 Å². The van der Waals surface area contributed by atoms with E-state index in [4.69, 9.17) is 9.73 Å². The second-order valence-electron chi connectivity index (χ2n) is 8.00. The lowest BCUT2D eigenvalue weighted by molar-refractivity contribution is -0.0850. The van der Waals surface area contributed by atoms with Gasteiger partial charge in [-0.3, -0.25) is 14.6 Å². The molecule has 2 fully saturated rings.